The van der Waals surface area contributed by atoms with Crippen molar-refractivity contribution in [3.63, 3.8) is 0 Å². The van der Waals surface area contributed by atoms with Gasteiger partial charge in [0.1, 0.15) is 11.6 Å². The third-order valence-electron chi connectivity index (χ3n) is 3.53. The third-order valence-corrected chi connectivity index (χ3v) is 3.53. The number of allylic oxidation sites excluding steroid dienone is 1. The summed E-state index contributed by atoms with van der Waals surface area (Å²) in [5, 5.41) is 1.02. The molecule has 0 radical (unpaired) electrons. The molecule has 22 heavy (non-hydrogen) atoms. The lowest BCUT2D eigenvalue weighted by Gasteiger charge is -2.00. The van der Waals surface area contributed by atoms with E-state index in [4.69, 9.17) is 4.74 Å². The third kappa shape index (κ3) is 2.05. The number of halogens is 1. The highest BCUT2D eigenvalue weighted by Crippen LogP contribution is 2.32. The first kappa shape index (κ1) is 12.7. The largest absolute Gasteiger partial charge is 0.452 e. The van der Waals surface area contributed by atoms with Crippen LogP contribution in [0.25, 0.3) is 17.0 Å². The number of rotatable bonds is 1. The van der Waals surface area contributed by atoms with Crippen molar-refractivity contribution >= 4 is 22.8 Å². The number of hydrogen-bond acceptors (Lipinski definition) is 3. The van der Waals surface area contributed by atoms with Crippen molar-refractivity contribution in [2.24, 2.45) is 0 Å². The number of nitrogens with zero attached hydrogens (tertiary/aromatic N) is 1. The Morgan fingerprint density at radius 1 is 1.05 bits per heavy atom. The minimum absolute atomic E-state index is 0.156. The van der Waals surface area contributed by atoms with E-state index in [-0.39, 0.29) is 17.1 Å². The fourth-order valence-corrected chi connectivity index (χ4v) is 2.46. The molecule has 0 fully saturated rings. The van der Waals surface area contributed by atoms with Crippen molar-refractivity contribution in [3.05, 3.63) is 77.4 Å². The second-order valence-corrected chi connectivity index (χ2v) is 5.01. The molecule has 1 aromatic heterocycles. The number of benzene rings is 2. The number of pyridine rings is 1. The molecule has 2 aromatic carbocycles. The molecule has 0 atom stereocenters. The number of fused-ring (bicyclic) bond motifs is 2. The topological polar surface area (TPSA) is 39.2 Å². The highest BCUT2D eigenvalue weighted by Gasteiger charge is 2.27. The normalized spacial score (nSPS) is 15.1. The maximum Gasteiger partial charge on any atom is 0.232 e. The predicted molar refractivity (Wildman–Crippen MR) is 81.1 cm³/mol. The fraction of sp³-hybridized carbons (Fsp3) is 0. The van der Waals surface area contributed by atoms with Crippen LogP contribution in [0.1, 0.15) is 16.1 Å². The lowest BCUT2D eigenvalue weighted by atomic mass is 10.1. The highest BCUT2D eigenvalue weighted by molar-refractivity contribution is 6.14. The lowest BCUT2D eigenvalue weighted by Crippen LogP contribution is -1.99. The molecule has 3 aromatic rings. The van der Waals surface area contributed by atoms with Gasteiger partial charge >= 0.3 is 0 Å². The van der Waals surface area contributed by atoms with Crippen LogP contribution in [0, 0.1) is 5.82 Å². The van der Waals surface area contributed by atoms with Gasteiger partial charge in [-0.05, 0) is 30.3 Å². The first-order valence-corrected chi connectivity index (χ1v) is 6.80. The van der Waals surface area contributed by atoms with Crippen LogP contribution in [0.2, 0.25) is 0 Å². The van der Waals surface area contributed by atoms with Gasteiger partial charge in [0.05, 0.1) is 16.8 Å². The van der Waals surface area contributed by atoms with Crippen molar-refractivity contribution in [2.75, 3.05) is 0 Å². The zero-order valence-electron chi connectivity index (χ0n) is 11.4. The van der Waals surface area contributed by atoms with Gasteiger partial charge < -0.3 is 4.74 Å². The second kappa shape index (κ2) is 4.77. The monoisotopic (exact) mass is 291 g/mol. The van der Waals surface area contributed by atoms with Gasteiger partial charge in [0, 0.05) is 11.5 Å². The van der Waals surface area contributed by atoms with Crippen molar-refractivity contribution in [3.8, 4) is 5.75 Å². The van der Waals surface area contributed by atoms with E-state index in [0.717, 1.165) is 10.9 Å². The van der Waals surface area contributed by atoms with Crippen LogP contribution in [-0.4, -0.2) is 10.8 Å². The second-order valence-electron chi connectivity index (χ2n) is 5.01. The molecule has 106 valence electrons. The van der Waals surface area contributed by atoms with Crippen molar-refractivity contribution in [1.82, 2.24) is 4.98 Å². The van der Waals surface area contributed by atoms with E-state index in [1.54, 1.807) is 6.08 Å². The van der Waals surface area contributed by atoms with Crippen LogP contribution >= 0.6 is 0 Å². The highest BCUT2D eigenvalue weighted by atomic mass is 19.1. The average Bonchev–Trinajstić information content (AvgIpc) is 2.83. The molecule has 0 saturated carbocycles. The Balaban J connectivity index is 1.75. The predicted octanol–water partition coefficient (Wildman–Crippen LogP) is 3.99. The quantitative estimate of drug-likeness (QED) is 0.636. The standard InChI is InChI=1S/C18H10FNO2/c19-12-6-8-16-14(9-12)18(21)17(22-16)10-13-7-5-11-3-1-2-4-15(11)20-13/h1-10H/b17-10-. The number of carbonyl (C=O) groups is 1. The first-order valence-electron chi connectivity index (χ1n) is 6.80. The summed E-state index contributed by atoms with van der Waals surface area (Å²) in [6.07, 6.45) is 1.58. The van der Waals surface area contributed by atoms with E-state index in [9.17, 15) is 9.18 Å². The van der Waals surface area contributed by atoms with Crippen LogP contribution < -0.4 is 4.74 Å². The minimum Gasteiger partial charge on any atom is -0.452 e. The van der Waals surface area contributed by atoms with Crippen LogP contribution in [0.3, 0.4) is 0 Å². The molecule has 0 spiro atoms. The van der Waals surface area contributed by atoms with Gasteiger partial charge in [-0.2, -0.15) is 0 Å². The molecular formula is C18H10FNO2. The van der Waals surface area contributed by atoms with Gasteiger partial charge in [0.15, 0.2) is 5.76 Å². The fourth-order valence-electron chi connectivity index (χ4n) is 2.46. The van der Waals surface area contributed by atoms with E-state index in [0.29, 0.717) is 11.4 Å². The van der Waals surface area contributed by atoms with Gasteiger partial charge in [-0.25, -0.2) is 9.37 Å². The SMILES string of the molecule is O=C1/C(=C/c2ccc3ccccc3n2)Oc2ccc(F)cc21. The van der Waals surface area contributed by atoms with E-state index in [1.165, 1.54) is 18.2 Å². The van der Waals surface area contributed by atoms with Crippen LogP contribution in [-0.2, 0) is 0 Å². The Morgan fingerprint density at radius 2 is 1.91 bits per heavy atom. The Hall–Kier alpha value is -3.01. The van der Waals surface area contributed by atoms with Gasteiger partial charge in [-0.1, -0.05) is 24.3 Å². The molecule has 0 unspecified atom stereocenters. The van der Waals surface area contributed by atoms with Crippen molar-refractivity contribution < 1.29 is 13.9 Å². The Bertz CT molecular complexity index is 947. The summed E-state index contributed by atoms with van der Waals surface area (Å²) >= 11 is 0. The number of ketones is 1. The molecule has 0 aliphatic carbocycles. The molecule has 1 aliphatic rings. The molecule has 0 bridgehead atoms. The molecule has 4 rings (SSSR count). The Labute approximate surface area is 125 Å². The molecule has 0 amide bonds. The van der Waals surface area contributed by atoms with Gasteiger partial charge in [0.25, 0.3) is 0 Å². The first-order chi connectivity index (χ1) is 10.7. The number of para-hydroxylation sites is 1. The van der Waals surface area contributed by atoms with Crippen molar-refractivity contribution in [1.29, 1.82) is 0 Å². The number of hydrogen-bond donors (Lipinski definition) is 0. The van der Waals surface area contributed by atoms with E-state index in [2.05, 4.69) is 4.98 Å². The summed E-state index contributed by atoms with van der Waals surface area (Å²) in [7, 11) is 0. The maximum atomic E-state index is 13.2. The smallest absolute Gasteiger partial charge is 0.232 e. The summed E-state index contributed by atoms with van der Waals surface area (Å²) in [4.78, 5) is 16.7. The zero-order chi connectivity index (χ0) is 15.1. The van der Waals surface area contributed by atoms with Gasteiger partial charge in [-0.15, -0.1) is 0 Å². The summed E-state index contributed by atoms with van der Waals surface area (Å²) in [6, 6.07) is 15.4. The molecule has 2 heterocycles. The van der Waals surface area contributed by atoms with E-state index < -0.39 is 5.82 Å². The average molecular weight is 291 g/mol. The zero-order valence-corrected chi connectivity index (χ0v) is 11.4. The van der Waals surface area contributed by atoms with E-state index in [1.807, 2.05) is 36.4 Å². The summed E-state index contributed by atoms with van der Waals surface area (Å²) < 4.78 is 18.7. The molecule has 0 saturated heterocycles. The number of Topliss-reactive ketones (excluding diaryl/α,β-unsaturated/α-hetero) is 1. The van der Waals surface area contributed by atoms with Crippen molar-refractivity contribution in [2.45, 2.75) is 0 Å². The van der Waals surface area contributed by atoms with Crippen LogP contribution in [0.15, 0.2) is 60.4 Å². The summed E-state index contributed by atoms with van der Waals surface area (Å²) in [5.41, 5.74) is 1.70. The molecule has 3 nitrogen and oxygen atoms in total. The van der Waals surface area contributed by atoms with E-state index >= 15 is 0 Å². The summed E-state index contributed by atoms with van der Waals surface area (Å²) in [5.74, 6) is -0.257. The Kier molecular flexibility index (Phi) is 2.76. The van der Waals surface area contributed by atoms with Gasteiger partial charge in [-0.3, -0.25) is 4.79 Å². The van der Waals surface area contributed by atoms with Crippen LogP contribution in [0.5, 0.6) is 5.75 Å². The minimum atomic E-state index is -0.458. The molecule has 4 heteroatoms. The lowest BCUT2D eigenvalue weighted by molar-refractivity contribution is 0.101. The molecule has 0 N–H and O–H groups in total. The molecule has 1 aliphatic heterocycles. The van der Waals surface area contributed by atoms with Crippen LogP contribution in [0.4, 0.5) is 4.39 Å². The number of carbonyl (C=O) groups excluding carboxylic acids is 1. The van der Waals surface area contributed by atoms with Gasteiger partial charge in [0.2, 0.25) is 5.78 Å². The summed E-state index contributed by atoms with van der Waals surface area (Å²) in [6.45, 7) is 0. The maximum absolute atomic E-state index is 13.2. The molecular weight excluding hydrogens is 281 g/mol. The Morgan fingerprint density at radius 3 is 2.82 bits per heavy atom. The number of ether oxygens (including phenoxy) is 1. The number of aromatic nitrogens is 1.